The number of furan rings is 1. The molecular formula is C13H13N3O2. The van der Waals surface area contributed by atoms with E-state index in [0.717, 1.165) is 16.7 Å². The molecule has 18 heavy (non-hydrogen) atoms. The van der Waals surface area contributed by atoms with E-state index in [2.05, 4.69) is 15.5 Å². The normalized spacial score (nSPS) is 11.2. The van der Waals surface area contributed by atoms with Crippen LogP contribution < -0.4 is 5.32 Å². The van der Waals surface area contributed by atoms with Gasteiger partial charge in [0, 0.05) is 12.3 Å². The van der Waals surface area contributed by atoms with Crippen LogP contribution in [0, 0.1) is 6.92 Å². The van der Waals surface area contributed by atoms with Crippen LogP contribution in [0.25, 0.3) is 11.0 Å². The average Bonchev–Trinajstić information content (AvgIpc) is 2.95. The molecular weight excluding hydrogens is 230 g/mol. The molecule has 0 unspecified atom stereocenters. The zero-order valence-electron chi connectivity index (χ0n) is 10.0. The quantitative estimate of drug-likeness (QED) is 0.762. The maximum absolute atomic E-state index is 5.68. The van der Waals surface area contributed by atoms with Crippen molar-refractivity contribution >= 4 is 11.0 Å². The highest BCUT2D eigenvalue weighted by Gasteiger charge is 2.04. The summed E-state index contributed by atoms with van der Waals surface area (Å²) < 4.78 is 10.6. The van der Waals surface area contributed by atoms with Gasteiger partial charge in [0.25, 0.3) is 0 Å². The highest BCUT2D eigenvalue weighted by atomic mass is 16.5. The SMILES string of the molecule is Cc1nc(CNCc2cc3ccccc3o2)no1. The van der Waals surface area contributed by atoms with Gasteiger partial charge in [-0.25, -0.2) is 0 Å². The summed E-state index contributed by atoms with van der Waals surface area (Å²) in [5.41, 5.74) is 0.907. The summed E-state index contributed by atoms with van der Waals surface area (Å²) in [7, 11) is 0. The Kier molecular flexibility index (Phi) is 2.82. The smallest absolute Gasteiger partial charge is 0.223 e. The molecule has 0 aliphatic rings. The predicted molar refractivity (Wildman–Crippen MR) is 65.8 cm³/mol. The first-order valence-corrected chi connectivity index (χ1v) is 5.78. The van der Waals surface area contributed by atoms with Crippen LogP contribution in [0.15, 0.2) is 39.3 Å². The highest BCUT2D eigenvalue weighted by Crippen LogP contribution is 2.18. The second-order valence-corrected chi connectivity index (χ2v) is 4.08. The lowest BCUT2D eigenvalue weighted by Gasteiger charge is -1.97. The van der Waals surface area contributed by atoms with Crippen molar-refractivity contribution in [2.24, 2.45) is 0 Å². The molecule has 0 saturated carbocycles. The molecule has 2 heterocycles. The molecule has 92 valence electrons. The van der Waals surface area contributed by atoms with E-state index in [0.29, 0.717) is 24.8 Å². The number of nitrogens with zero attached hydrogens (tertiary/aromatic N) is 2. The third-order valence-corrected chi connectivity index (χ3v) is 2.63. The summed E-state index contributed by atoms with van der Waals surface area (Å²) in [5.74, 6) is 2.13. The van der Waals surface area contributed by atoms with Gasteiger partial charge in [-0.15, -0.1) is 0 Å². The van der Waals surface area contributed by atoms with Crippen molar-refractivity contribution in [3.63, 3.8) is 0 Å². The van der Waals surface area contributed by atoms with E-state index in [9.17, 15) is 0 Å². The van der Waals surface area contributed by atoms with Crippen molar-refractivity contribution in [2.75, 3.05) is 0 Å². The molecule has 5 nitrogen and oxygen atoms in total. The van der Waals surface area contributed by atoms with Gasteiger partial charge in [-0.2, -0.15) is 4.98 Å². The highest BCUT2D eigenvalue weighted by molar-refractivity contribution is 5.77. The molecule has 0 aliphatic heterocycles. The van der Waals surface area contributed by atoms with Gasteiger partial charge < -0.3 is 14.3 Å². The van der Waals surface area contributed by atoms with Crippen LogP contribution in [0.3, 0.4) is 0 Å². The maximum Gasteiger partial charge on any atom is 0.223 e. The van der Waals surface area contributed by atoms with Crippen LogP contribution >= 0.6 is 0 Å². The first-order chi connectivity index (χ1) is 8.81. The van der Waals surface area contributed by atoms with Gasteiger partial charge in [0.1, 0.15) is 11.3 Å². The van der Waals surface area contributed by atoms with E-state index < -0.39 is 0 Å². The van der Waals surface area contributed by atoms with Crippen molar-refractivity contribution in [2.45, 2.75) is 20.0 Å². The van der Waals surface area contributed by atoms with Crippen LogP contribution in [-0.4, -0.2) is 10.1 Å². The molecule has 0 fully saturated rings. The number of aryl methyl sites for hydroxylation is 1. The summed E-state index contributed by atoms with van der Waals surface area (Å²) in [6.45, 7) is 2.98. The van der Waals surface area contributed by atoms with E-state index in [-0.39, 0.29) is 0 Å². The molecule has 1 N–H and O–H groups in total. The Labute approximate surface area is 104 Å². The number of para-hydroxylation sites is 1. The first kappa shape index (κ1) is 11.0. The van der Waals surface area contributed by atoms with Gasteiger partial charge >= 0.3 is 0 Å². The molecule has 2 aromatic heterocycles. The van der Waals surface area contributed by atoms with Gasteiger partial charge in [0.05, 0.1) is 13.1 Å². The molecule has 0 saturated heterocycles. The summed E-state index contributed by atoms with van der Waals surface area (Å²) in [6.07, 6.45) is 0. The second-order valence-electron chi connectivity index (χ2n) is 4.08. The minimum atomic E-state index is 0.564. The van der Waals surface area contributed by atoms with Crippen LogP contribution in [0.5, 0.6) is 0 Å². The third kappa shape index (κ3) is 2.26. The zero-order chi connectivity index (χ0) is 12.4. The summed E-state index contributed by atoms with van der Waals surface area (Å²) in [6, 6.07) is 9.98. The van der Waals surface area contributed by atoms with Crippen molar-refractivity contribution in [3.05, 3.63) is 47.8 Å². The summed E-state index contributed by atoms with van der Waals surface area (Å²) >= 11 is 0. The summed E-state index contributed by atoms with van der Waals surface area (Å²) in [4.78, 5) is 4.11. The monoisotopic (exact) mass is 243 g/mol. The first-order valence-electron chi connectivity index (χ1n) is 5.78. The Morgan fingerprint density at radius 1 is 1.22 bits per heavy atom. The van der Waals surface area contributed by atoms with Crippen LogP contribution in [0.1, 0.15) is 17.5 Å². The van der Waals surface area contributed by atoms with Crippen molar-refractivity contribution < 1.29 is 8.94 Å². The predicted octanol–water partition coefficient (Wildman–Crippen LogP) is 2.41. The van der Waals surface area contributed by atoms with Crippen molar-refractivity contribution in [1.82, 2.24) is 15.5 Å². The average molecular weight is 243 g/mol. The molecule has 0 aliphatic carbocycles. The Balaban J connectivity index is 1.62. The van der Waals surface area contributed by atoms with Crippen LogP contribution in [0.2, 0.25) is 0 Å². The number of nitrogens with one attached hydrogen (secondary N) is 1. The number of fused-ring (bicyclic) bond motifs is 1. The Hall–Kier alpha value is -2.14. The fourth-order valence-electron chi connectivity index (χ4n) is 1.83. The maximum atomic E-state index is 5.68. The van der Waals surface area contributed by atoms with Crippen LogP contribution in [-0.2, 0) is 13.1 Å². The number of hydrogen-bond acceptors (Lipinski definition) is 5. The zero-order valence-corrected chi connectivity index (χ0v) is 10.0. The Bertz CT molecular complexity index is 624. The number of aromatic nitrogens is 2. The minimum Gasteiger partial charge on any atom is -0.460 e. The molecule has 0 bridgehead atoms. The minimum absolute atomic E-state index is 0.564. The van der Waals surface area contributed by atoms with Gasteiger partial charge in [-0.1, -0.05) is 23.4 Å². The fraction of sp³-hybridized carbons (Fsp3) is 0.231. The van der Waals surface area contributed by atoms with Gasteiger partial charge in [0.2, 0.25) is 5.89 Å². The van der Waals surface area contributed by atoms with Crippen molar-refractivity contribution in [3.8, 4) is 0 Å². The summed E-state index contributed by atoms with van der Waals surface area (Å²) in [5, 5.41) is 8.14. The van der Waals surface area contributed by atoms with E-state index in [4.69, 9.17) is 8.94 Å². The molecule has 5 heteroatoms. The number of hydrogen-bond donors (Lipinski definition) is 1. The van der Waals surface area contributed by atoms with Gasteiger partial charge in [-0.3, -0.25) is 0 Å². The van der Waals surface area contributed by atoms with E-state index in [1.165, 1.54) is 0 Å². The lowest BCUT2D eigenvalue weighted by Crippen LogP contribution is -2.13. The number of rotatable bonds is 4. The molecule has 0 amide bonds. The lowest BCUT2D eigenvalue weighted by molar-refractivity contribution is 0.384. The Morgan fingerprint density at radius 2 is 2.11 bits per heavy atom. The fourth-order valence-corrected chi connectivity index (χ4v) is 1.83. The van der Waals surface area contributed by atoms with Gasteiger partial charge in [0.15, 0.2) is 5.82 Å². The van der Waals surface area contributed by atoms with Crippen molar-refractivity contribution in [1.29, 1.82) is 0 Å². The molecule has 1 aromatic carbocycles. The second kappa shape index (κ2) is 4.62. The third-order valence-electron chi connectivity index (χ3n) is 2.63. The largest absolute Gasteiger partial charge is 0.460 e. The van der Waals surface area contributed by atoms with E-state index in [1.807, 2.05) is 30.3 Å². The molecule has 0 atom stereocenters. The van der Waals surface area contributed by atoms with E-state index in [1.54, 1.807) is 6.92 Å². The molecule has 0 radical (unpaired) electrons. The molecule has 3 aromatic rings. The van der Waals surface area contributed by atoms with Gasteiger partial charge in [-0.05, 0) is 12.1 Å². The van der Waals surface area contributed by atoms with E-state index >= 15 is 0 Å². The van der Waals surface area contributed by atoms with Crippen LogP contribution in [0.4, 0.5) is 0 Å². The standard InChI is InChI=1S/C13H13N3O2/c1-9-15-13(16-18-9)8-14-7-11-6-10-4-2-3-5-12(10)17-11/h2-6,14H,7-8H2,1H3. The molecule has 0 spiro atoms. The lowest BCUT2D eigenvalue weighted by atomic mass is 10.2. The Morgan fingerprint density at radius 3 is 2.89 bits per heavy atom. The molecule has 3 rings (SSSR count). The topological polar surface area (TPSA) is 64.1 Å². The number of benzene rings is 1.